The number of hydrogen-bond donors (Lipinski definition) is 0. The van der Waals surface area contributed by atoms with Gasteiger partial charge in [-0.3, -0.25) is 0 Å². The van der Waals surface area contributed by atoms with Gasteiger partial charge in [-0.05, 0) is 74.1 Å². The fourth-order valence-corrected chi connectivity index (χ4v) is 7.17. The van der Waals surface area contributed by atoms with Crippen LogP contribution < -0.4 is 0 Å². The minimum absolute atomic E-state index is 0.633. The van der Waals surface area contributed by atoms with E-state index in [1.165, 1.54) is 0 Å². The zero-order valence-corrected chi connectivity index (χ0v) is 27.5. The van der Waals surface area contributed by atoms with Crippen LogP contribution >= 0.6 is 0 Å². The molecule has 0 bridgehead atoms. The first-order chi connectivity index (χ1) is 25.2. The molecule has 0 unspecified atom stereocenters. The molecule has 0 amide bonds. The van der Waals surface area contributed by atoms with Gasteiger partial charge >= 0.3 is 0 Å². The Morgan fingerprint density at radius 3 is 1.67 bits per heavy atom. The second-order valence-electron chi connectivity index (χ2n) is 12.8. The molecular formula is C47H29N3O. The molecule has 4 heteroatoms. The minimum Gasteiger partial charge on any atom is -0.456 e. The topological polar surface area (TPSA) is 51.8 Å². The molecule has 4 nitrogen and oxygen atoms in total. The summed E-state index contributed by atoms with van der Waals surface area (Å²) in [6.45, 7) is 0. The van der Waals surface area contributed by atoms with Crippen molar-refractivity contribution in [1.29, 1.82) is 0 Å². The molecule has 8 aromatic carbocycles. The number of hydrogen-bond acceptors (Lipinski definition) is 4. The number of para-hydroxylation sites is 1. The van der Waals surface area contributed by atoms with Crippen LogP contribution in [0.2, 0.25) is 0 Å². The molecule has 51 heavy (non-hydrogen) atoms. The summed E-state index contributed by atoms with van der Waals surface area (Å²) < 4.78 is 6.08. The predicted molar refractivity (Wildman–Crippen MR) is 209 cm³/mol. The Balaban J connectivity index is 1.12. The quantitative estimate of drug-likeness (QED) is 0.186. The highest BCUT2D eigenvalue weighted by Gasteiger charge is 2.19. The number of furan rings is 1. The summed E-state index contributed by atoms with van der Waals surface area (Å²) in [5.41, 5.74) is 9.18. The molecule has 10 rings (SSSR count). The average Bonchev–Trinajstić information content (AvgIpc) is 3.58. The number of nitrogens with zero attached hydrogens (tertiary/aromatic N) is 3. The lowest BCUT2D eigenvalue weighted by atomic mass is 9.93. The molecule has 0 aliphatic rings. The summed E-state index contributed by atoms with van der Waals surface area (Å²) in [7, 11) is 0. The van der Waals surface area contributed by atoms with Gasteiger partial charge in [0, 0.05) is 27.5 Å². The van der Waals surface area contributed by atoms with Gasteiger partial charge in [-0.25, -0.2) is 15.0 Å². The smallest absolute Gasteiger partial charge is 0.165 e. The van der Waals surface area contributed by atoms with Crippen molar-refractivity contribution < 1.29 is 4.42 Å². The fourth-order valence-electron chi connectivity index (χ4n) is 7.17. The molecule has 10 aromatic rings. The monoisotopic (exact) mass is 651 g/mol. The summed E-state index contributed by atoms with van der Waals surface area (Å²) >= 11 is 0. The standard InChI is InChI=1S/C47H29N3O/c1-3-11-30(12-4-1)39-25-23-31-13-7-8-16-38(31)44(39)47-49-45(32-14-5-2-6-15-32)48-46(50-47)37-22-21-33-27-34(19-20-35(33)28-37)36-24-26-43-41(29-36)40-17-9-10-18-42(40)51-43/h1-29H. The maximum atomic E-state index is 6.08. The van der Waals surface area contributed by atoms with Gasteiger partial charge in [0.05, 0.1) is 0 Å². The Hall–Kier alpha value is -6.91. The molecule has 0 fully saturated rings. The van der Waals surface area contributed by atoms with Crippen molar-refractivity contribution in [2.24, 2.45) is 0 Å². The molecule has 2 heterocycles. The summed E-state index contributed by atoms with van der Waals surface area (Å²) in [6.07, 6.45) is 0. The van der Waals surface area contributed by atoms with E-state index in [4.69, 9.17) is 19.4 Å². The summed E-state index contributed by atoms with van der Waals surface area (Å²) in [5.74, 6) is 1.92. The zero-order chi connectivity index (χ0) is 33.7. The van der Waals surface area contributed by atoms with Crippen molar-refractivity contribution in [3.8, 4) is 56.4 Å². The highest BCUT2D eigenvalue weighted by Crippen LogP contribution is 2.39. The van der Waals surface area contributed by atoms with E-state index in [1.54, 1.807) is 0 Å². The van der Waals surface area contributed by atoms with Crippen molar-refractivity contribution in [2.45, 2.75) is 0 Å². The van der Waals surface area contributed by atoms with Gasteiger partial charge in [0.1, 0.15) is 11.2 Å². The van der Waals surface area contributed by atoms with Crippen LogP contribution in [-0.2, 0) is 0 Å². The SMILES string of the molecule is c1ccc(-c2nc(-c3ccc4cc(-c5ccc6oc7ccccc7c6c5)ccc4c3)nc(-c3c(-c4ccccc4)ccc4ccccc34)n2)cc1. The third-order valence-corrected chi connectivity index (χ3v) is 9.71. The van der Waals surface area contributed by atoms with Crippen LogP contribution in [0.1, 0.15) is 0 Å². The van der Waals surface area contributed by atoms with E-state index in [2.05, 4.69) is 140 Å². The third-order valence-electron chi connectivity index (χ3n) is 9.71. The highest BCUT2D eigenvalue weighted by molar-refractivity contribution is 6.07. The highest BCUT2D eigenvalue weighted by atomic mass is 16.3. The van der Waals surface area contributed by atoms with Gasteiger partial charge in [0.25, 0.3) is 0 Å². The second kappa shape index (κ2) is 11.9. The van der Waals surface area contributed by atoms with Crippen molar-refractivity contribution in [3.05, 3.63) is 176 Å². The van der Waals surface area contributed by atoms with Gasteiger partial charge in [-0.15, -0.1) is 0 Å². The van der Waals surface area contributed by atoms with E-state index < -0.39 is 0 Å². The Kier molecular flexibility index (Phi) is 6.78. The van der Waals surface area contributed by atoms with Crippen LogP contribution in [0.4, 0.5) is 0 Å². The van der Waals surface area contributed by atoms with Crippen LogP contribution in [0.5, 0.6) is 0 Å². The molecule has 0 N–H and O–H groups in total. The third kappa shape index (κ3) is 5.13. The Morgan fingerprint density at radius 2 is 0.863 bits per heavy atom. The average molecular weight is 652 g/mol. The molecule has 0 spiro atoms. The van der Waals surface area contributed by atoms with Crippen molar-refractivity contribution >= 4 is 43.5 Å². The van der Waals surface area contributed by atoms with Gasteiger partial charge in [0.2, 0.25) is 0 Å². The van der Waals surface area contributed by atoms with Crippen LogP contribution in [0.3, 0.4) is 0 Å². The van der Waals surface area contributed by atoms with E-state index in [-0.39, 0.29) is 0 Å². The fraction of sp³-hybridized carbons (Fsp3) is 0. The maximum Gasteiger partial charge on any atom is 0.165 e. The number of rotatable bonds is 5. The Bertz CT molecular complexity index is 2910. The van der Waals surface area contributed by atoms with Crippen LogP contribution in [0.15, 0.2) is 180 Å². The van der Waals surface area contributed by atoms with E-state index in [9.17, 15) is 0 Å². The van der Waals surface area contributed by atoms with Crippen LogP contribution in [0.25, 0.3) is 99.9 Å². The summed E-state index contributed by atoms with van der Waals surface area (Å²) in [5, 5.41) is 6.75. The summed E-state index contributed by atoms with van der Waals surface area (Å²) in [4.78, 5) is 15.4. The molecule has 0 radical (unpaired) electrons. The van der Waals surface area contributed by atoms with Crippen molar-refractivity contribution in [2.75, 3.05) is 0 Å². The lowest BCUT2D eigenvalue weighted by Crippen LogP contribution is -2.01. The lowest BCUT2D eigenvalue weighted by Gasteiger charge is -2.15. The second-order valence-corrected chi connectivity index (χ2v) is 12.8. The van der Waals surface area contributed by atoms with Crippen LogP contribution in [-0.4, -0.2) is 15.0 Å². The zero-order valence-electron chi connectivity index (χ0n) is 27.5. The van der Waals surface area contributed by atoms with Crippen LogP contribution in [0, 0.1) is 0 Å². The number of benzene rings is 8. The molecule has 0 saturated heterocycles. The van der Waals surface area contributed by atoms with E-state index in [1.807, 2.05) is 36.4 Å². The maximum absolute atomic E-state index is 6.08. The van der Waals surface area contributed by atoms with Gasteiger partial charge in [0.15, 0.2) is 17.5 Å². The molecular weight excluding hydrogens is 623 g/mol. The molecule has 0 aliphatic heterocycles. The van der Waals surface area contributed by atoms with E-state index in [0.29, 0.717) is 17.5 Å². The van der Waals surface area contributed by atoms with E-state index >= 15 is 0 Å². The van der Waals surface area contributed by atoms with Gasteiger partial charge in [-0.1, -0.05) is 146 Å². The van der Waals surface area contributed by atoms with Gasteiger partial charge in [-0.2, -0.15) is 0 Å². The van der Waals surface area contributed by atoms with Crippen molar-refractivity contribution in [3.63, 3.8) is 0 Å². The lowest BCUT2D eigenvalue weighted by molar-refractivity contribution is 0.669. The Labute approximate surface area is 294 Å². The molecule has 0 atom stereocenters. The number of aromatic nitrogens is 3. The first-order valence-corrected chi connectivity index (χ1v) is 17.1. The predicted octanol–water partition coefficient (Wildman–Crippen LogP) is 12.4. The molecule has 238 valence electrons. The molecule has 0 saturated carbocycles. The normalized spacial score (nSPS) is 11.5. The first-order valence-electron chi connectivity index (χ1n) is 17.1. The number of fused-ring (bicyclic) bond motifs is 5. The van der Waals surface area contributed by atoms with Crippen molar-refractivity contribution in [1.82, 2.24) is 15.0 Å². The summed E-state index contributed by atoms with van der Waals surface area (Å²) in [6, 6.07) is 61.1. The van der Waals surface area contributed by atoms with E-state index in [0.717, 1.165) is 82.4 Å². The van der Waals surface area contributed by atoms with Gasteiger partial charge < -0.3 is 4.42 Å². The minimum atomic E-state index is 0.633. The Morgan fingerprint density at radius 1 is 0.314 bits per heavy atom. The molecule has 0 aliphatic carbocycles. The first kappa shape index (κ1) is 29.0. The largest absolute Gasteiger partial charge is 0.456 e. The molecule has 2 aromatic heterocycles.